The number of piperidine rings is 1. The van der Waals surface area contributed by atoms with Crippen LogP contribution in [0.4, 0.5) is 5.69 Å². The number of nitrogens with one attached hydrogen (secondary N) is 1. The summed E-state index contributed by atoms with van der Waals surface area (Å²) in [5, 5.41) is 3.89. The summed E-state index contributed by atoms with van der Waals surface area (Å²) in [5.74, 6) is 1.46. The number of fused-ring (bicyclic) bond motifs is 1. The first-order valence-corrected chi connectivity index (χ1v) is 11.5. The largest absolute Gasteiger partial charge is 0.492 e. The van der Waals surface area contributed by atoms with Gasteiger partial charge in [-0.3, -0.25) is 9.69 Å². The Morgan fingerprint density at radius 1 is 1.06 bits per heavy atom. The minimum Gasteiger partial charge on any atom is -0.492 e. The number of anilines is 1. The Morgan fingerprint density at radius 3 is 2.61 bits per heavy atom. The minimum absolute atomic E-state index is 0.130. The van der Waals surface area contributed by atoms with Gasteiger partial charge in [0.1, 0.15) is 23.7 Å². The standard InChI is InChI=1S/C26H32N2O3/c1-2-3-10-24-25(22-9-5-6-11-23(22)31-24)26(29)27-20-12-14-21(15-13-20)30-19-18-28-16-7-4-8-17-28/h5-6,9,11-15H,2-4,7-8,10,16-19H2,1H3,(H,27,29). The topological polar surface area (TPSA) is 54.7 Å². The van der Waals surface area contributed by atoms with Gasteiger partial charge < -0.3 is 14.5 Å². The molecule has 3 aromatic rings. The molecule has 0 bridgehead atoms. The number of aryl methyl sites for hydroxylation is 1. The van der Waals surface area contributed by atoms with Gasteiger partial charge in [0, 0.05) is 24.0 Å². The normalized spacial score (nSPS) is 14.6. The predicted octanol–water partition coefficient (Wildman–Crippen LogP) is 5.89. The number of carbonyl (C=O) groups is 1. The molecule has 0 atom stereocenters. The van der Waals surface area contributed by atoms with E-state index in [0.29, 0.717) is 12.2 Å². The van der Waals surface area contributed by atoms with Gasteiger partial charge >= 0.3 is 0 Å². The van der Waals surface area contributed by atoms with Gasteiger partial charge in [-0.05, 0) is 62.7 Å². The first-order valence-electron chi connectivity index (χ1n) is 11.5. The van der Waals surface area contributed by atoms with Crippen LogP contribution in [0.1, 0.15) is 55.1 Å². The van der Waals surface area contributed by atoms with Crippen LogP contribution in [0.5, 0.6) is 5.75 Å². The molecule has 1 aliphatic rings. The van der Waals surface area contributed by atoms with E-state index in [1.807, 2.05) is 48.5 Å². The van der Waals surface area contributed by atoms with Crippen LogP contribution in [0.2, 0.25) is 0 Å². The van der Waals surface area contributed by atoms with Gasteiger partial charge in [0.2, 0.25) is 0 Å². The van der Waals surface area contributed by atoms with Gasteiger partial charge in [-0.1, -0.05) is 38.0 Å². The molecular weight excluding hydrogens is 388 g/mol. The highest BCUT2D eigenvalue weighted by Gasteiger charge is 2.20. The molecule has 0 spiro atoms. The van der Waals surface area contributed by atoms with Crippen LogP contribution in [0.3, 0.4) is 0 Å². The van der Waals surface area contributed by atoms with Crippen molar-refractivity contribution in [1.29, 1.82) is 0 Å². The Hall–Kier alpha value is -2.79. The quantitative estimate of drug-likeness (QED) is 0.469. The first-order chi connectivity index (χ1) is 15.2. The Morgan fingerprint density at radius 2 is 1.84 bits per heavy atom. The highest BCUT2D eigenvalue weighted by Crippen LogP contribution is 2.28. The second kappa shape index (κ2) is 10.5. The molecule has 1 aromatic heterocycles. The smallest absolute Gasteiger partial charge is 0.259 e. The van der Waals surface area contributed by atoms with Gasteiger partial charge in [0.25, 0.3) is 5.91 Å². The van der Waals surface area contributed by atoms with Crippen molar-refractivity contribution >= 4 is 22.6 Å². The number of amides is 1. The van der Waals surface area contributed by atoms with Gasteiger partial charge in [-0.25, -0.2) is 0 Å². The lowest BCUT2D eigenvalue weighted by Crippen LogP contribution is -2.33. The Labute approximate surface area is 184 Å². The van der Waals surface area contributed by atoms with Crippen molar-refractivity contribution in [3.8, 4) is 5.75 Å². The van der Waals surface area contributed by atoms with E-state index in [-0.39, 0.29) is 5.91 Å². The molecule has 164 valence electrons. The Balaban J connectivity index is 1.38. The molecule has 0 radical (unpaired) electrons. The number of ether oxygens (including phenoxy) is 1. The average Bonchev–Trinajstić information content (AvgIpc) is 3.18. The summed E-state index contributed by atoms with van der Waals surface area (Å²) >= 11 is 0. The third-order valence-electron chi connectivity index (χ3n) is 5.89. The zero-order chi connectivity index (χ0) is 21.5. The third kappa shape index (κ3) is 5.47. The first kappa shape index (κ1) is 21.4. The number of carbonyl (C=O) groups excluding carboxylic acids is 1. The fourth-order valence-corrected chi connectivity index (χ4v) is 4.16. The number of para-hydroxylation sites is 1. The van der Waals surface area contributed by atoms with Gasteiger partial charge in [-0.2, -0.15) is 0 Å². The molecule has 5 nitrogen and oxygen atoms in total. The molecule has 2 heterocycles. The Bertz CT molecular complexity index is 988. The van der Waals surface area contributed by atoms with E-state index in [4.69, 9.17) is 9.15 Å². The highest BCUT2D eigenvalue weighted by atomic mass is 16.5. The molecule has 31 heavy (non-hydrogen) atoms. The number of hydrogen-bond acceptors (Lipinski definition) is 4. The van der Waals surface area contributed by atoms with Crippen LogP contribution >= 0.6 is 0 Å². The van der Waals surface area contributed by atoms with Gasteiger partial charge in [0.15, 0.2) is 0 Å². The summed E-state index contributed by atoms with van der Waals surface area (Å²) in [5.41, 5.74) is 2.15. The van der Waals surface area contributed by atoms with Crippen LogP contribution in [0, 0.1) is 0 Å². The van der Waals surface area contributed by atoms with Crippen molar-refractivity contribution in [2.75, 3.05) is 31.6 Å². The lowest BCUT2D eigenvalue weighted by Gasteiger charge is -2.26. The fraction of sp³-hybridized carbons (Fsp3) is 0.423. The number of nitrogens with zero attached hydrogens (tertiary/aromatic N) is 1. The number of hydrogen-bond donors (Lipinski definition) is 1. The lowest BCUT2D eigenvalue weighted by atomic mass is 10.1. The highest BCUT2D eigenvalue weighted by molar-refractivity contribution is 6.13. The zero-order valence-electron chi connectivity index (χ0n) is 18.4. The molecule has 0 saturated carbocycles. The van der Waals surface area contributed by atoms with Crippen molar-refractivity contribution in [3.05, 3.63) is 59.9 Å². The maximum absolute atomic E-state index is 13.1. The van der Waals surface area contributed by atoms with Crippen molar-refractivity contribution in [2.24, 2.45) is 0 Å². The van der Waals surface area contributed by atoms with E-state index in [2.05, 4.69) is 17.1 Å². The Kier molecular flexibility index (Phi) is 7.26. The average molecular weight is 421 g/mol. The molecule has 1 N–H and O–H groups in total. The third-order valence-corrected chi connectivity index (χ3v) is 5.89. The molecule has 0 aliphatic carbocycles. The van der Waals surface area contributed by atoms with Gasteiger partial charge in [0.05, 0.1) is 5.56 Å². The molecule has 1 amide bonds. The van der Waals surface area contributed by atoms with Crippen LogP contribution in [0.25, 0.3) is 11.0 Å². The lowest BCUT2D eigenvalue weighted by molar-refractivity contribution is 0.102. The molecular formula is C26H32N2O3. The predicted molar refractivity (Wildman–Crippen MR) is 125 cm³/mol. The molecule has 1 saturated heterocycles. The molecule has 1 aliphatic heterocycles. The number of rotatable bonds is 9. The van der Waals surface area contributed by atoms with Crippen LogP contribution in [-0.4, -0.2) is 37.0 Å². The number of unbranched alkanes of at least 4 members (excludes halogenated alkanes) is 1. The summed E-state index contributed by atoms with van der Waals surface area (Å²) < 4.78 is 11.9. The zero-order valence-corrected chi connectivity index (χ0v) is 18.4. The molecule has 4 rings (SSSR count). The van der Waals surface area contributed by atoms with E-state index in [0.717, 1.165) is 54.0 Å². The van der Waals surface area contributed by atoms with E-state index in [1.54, 1.807) is 0 Å². The summed E-state index contributed by atoms with van der Waals surface area (Å²) in [4.78, 5) is 15.6. The van der Waals surface area contributed by atoms with E-state index in [1.165, 1.54) is 32.4 Å². The second-order valence-corrected chi connectivity index (χ2v) is 8.23. The van der Waals surface area contributed by atoms with Crippen LogP contribution in [0.15, 0.2) is 52.9 Å². The van der Waals surface area contributed by atoms with Crippen molar-refractivity contribution in [3.63, 3.8) is 0 Å². The van der Waals surface area contributed by atoms with E-state index in [9.17, 15) is 4.79 Å². The van der Waals surface area contributed by atoms with Crippen molar-refractivity contribution in [1.82, 2.24) is 4.90 Å². The number of benzene rings is 2. The molecule has 0 unspecified atom stereocenters. The van der Waals surface area contributed by atoms with Crippen LogP contribution < -0.4 is 10.1 Å². The maximum atomic E-state index is 13.1. The summed E-state index contributed by atoms with van der Waals surface area (Å²) in [7, 11) is 0. The fourth-order valence-electron chi connectivity index (χ4n) is 4.16. The summed E-state index contributed by atoms with van der Waals surface area (Å²) in [6.07, 6.45) is 6.73. The van der Waals surface area contributed by atoms with Crippen molar-refractivity contribution < 1.29 is 13.9 Å². The second-order valence-electron chi connectivity index (χ2n) is 8.23. The van der Waals surface area contributed by atoms with E-state index >= 15 is 0 Å². The van der Waals surface area contributed by atoms with Crippen LogP contribution in [-0.2, 0) is 6.42 Å². The SMILES string of the molecule is CCCCc1oc2ccccc2c1C(=O)Nc1ccc(OCCN2CCCCC2)cc1. The summed E-state index contributed by atoms with van der Waals surface area (Å²) in [6.45, 7) is 6.15. The minimum atomic E-state index is -0.130. The van der Waals surface area contributed by atoms with Crippen molar-refractivity contribution in [2.45, 2.75) is 45.4 Å². The molecule has 2 aromatic carbocycles. The van der Waals surface area contributed by atoms with Gasteiger partial charge in [-0.15, -0.1) is 0 Å². The molecule has 5 heteroatoms. The summed E-state index contributed by atoms with van der Waals surface area (Å²) in [6, 6.07) is 15.3. The number of likely N-dealkylation sites (tertiary alicyclic amines) is 1. The number of furan rings is 1. The maximum Gasteiger partial charge on any atom is 0.259 e. The monoisotopic (exact) mass is 420 g/mol. The molecule has 1 fully saturated rings. The van der Waals surface area contributed by atoms with E-state index < -0.39 is 0 Å².